The van der Waals surface area contributed by atoms with Crippen LogP contribution in [0.3, 0.4) is 0 Å². The molecule has 2 unspecified atom stereocenters. The summed E-state index contributed by atoms with van der Waals surface area (Å²) in [6.07, 6.45) is 5.04. The molecule has 0 spiro atoms. The standard InChI is InChI=1S/C18H18Cl2O4.K.H/c1-2-3-10-11-5-4-9(21)6-12(11)16-13(10)7-14(17(19)18(16)20)24-8-15(22)23;;/h6-7,10-11H,2-5,8H2,1H3,(H,22,23);;/q;+1;-1. The SMILES string of the molecule is CCCC1c2cc(OCC(=O)O)c(Cl)c(Cl)c2C2=CC(=O)CCC21.[H-].[K+]. The third kappa shape index (κ3) is 4.18. The minimum absolute atomic E-state index is 0. The Morgan fingerprint density at radius 1 is 1.40 bits per heavy atom. The van der Waals surface area contributed by atoms with Crippen LogP contribution >= 0.6 is 23.2 Å². The molecule has 1 aromatic rings. The number of carboxylic acid groups (broad SMARTS) is 1. The Morgan fingerprint density at radius 3 is 2.76 bits per heavy atom. The van der Waals surface area contributed by atoms with E-state index in [1.54, 1.807) is 12.1 Å². The molecule has 0 saturated heterocycles. The summed E-state index contributed by atoms with van der Waals surface area (Å²) in [4.78, 5) is 22.6. The van der Waals surface area contributed by atoms with Crippen LogP contribution in [0.1, 0.15) is 51.1 Å². The molecule has 0 fully saturated rings. The van der Waals surface area contributed by atoms with E-state index in [-0.39, 0.29) is 81.2 Å². The molecule has 130 valence electrons. The zero-order valence-electron chi connectivity index (χ0n) is 15.3. The van der Waals surface area contributed by atoms with Gasteiger partial charge in [-0.3, -0.25) is 4.79 Å². The van der Waals surface area contributed by atoms with Gasteiger partial charge in [0.1, 0.15) is 10.8 Å². The molecule has 0 heterocycles. The maximum Gasteiger partial charge on any atom is 1.00 e. The smallest absolute Gasteiger partial charge is 1.00 e. The molecule has 2 aliphatic carbocycles. The molecule has 0 bridgehead atoms. The van der Waals surface area contributed by atoms with Gasteiger partial charge in [-0.1, -0.05) is 36.5 Å². The molecule has 0 aromatic heterocycles. The van der Waals surface area contributed by atoms with E-state index < -0.39 is 12.6 Å². The van der Waals surface area contributed by atoms with E-state index in [0.717, 1.165) is 36.0 Å². The van der Waals surface area contributed by atoms with Crippen molar-refractivity contribution >= 4 is 40.5 Å². The summed E-state index contributed by atoms with van der Waals surface area (Å²) in [5.41, 5.74) is 2.81. The molecule has 2 aliphatic rings. The van der Waals surface area contributed by atoms with E-state index >= 15 is 0 Å². The first kappa shape index (κ1) is 21.4. The van der Waals surface area contributed by atoms with Crippen molar-refractivity contribution in [1.82, 2.24) is 0 Å². The number of hydrogen-bond donors (Lipinski definition) is 1. The van der Waals surface area contributed by atoms with Crippen molar-refractivity contribution < 1.29 is 72.2 Å². The Bertz CT molecular complexity index is 751. The summed E-state index contributed by atoms with van der Waals surface area (Å²) in [6, 6.07) is 1.80. The van der Waals surface area contributed by atoms with Gasteiger partial charge in [-0.05, 0) is 48.0 Å². The van der Waals surface area contributed by atoms with Crippen molar-refractivity contribution in [3.63, 3.8) is 0 Å². The molecular weight excluding hydrogens is 390 g/mol. The Hall–Kier alpha value is 0.116. The number of carbonyl (C=O) groups excluding carboxylic acids is 1. The van der Waals surface area contributed by atoms with Crippen LogP contribution in [0.5, 0.6) is 5.75 Å². The first-order chi connectivity index (χ1) is 11.4. The maximum atomic E-state index is 11.9. The van der Waals surface area contributed by atoms with Gasteiger partial charge < -0.3 is 11.3 Å². The number of halogens is 2. The van der Waals surface area contributed by atoms with E-state index in [4.69, 9.17) is 33.0 Å². The summed E-state index contributed by atoms with van der Waals surface area (Å²) in [5.74, 6) is -0.153. The fraction of sp³-hybridized carbons (Fsp3) is 0.444. The van der Waals surface area contributed by atoms with E-state index in [1.165, 1.54) is 0 Å². The quantitative estimate of drug-likeness (QED) is 0.754. The first-order valence-corrected chi connectivity index (χ1v) is 8.80. The zero-order chi connectivity index (χ0) is 17.4. The molecular formula is C18H19Cl2KO4. The van der Waals surface area contributed by atoms with Crippen LogP contribution in [0, 0.1) is 5.92 Å². The molecule has 1 N–H and O–H groups in total. The second-order valence-corrected chi connectivity index (χ2v) is 7.01. The van der Waals surface area contributed by atoms with Crippen LogP contribution in [-0.4, -0.2) is 23.5 Å². The third-order valence-electron chi connectivity index (χ3n) is 4.75. The molecule has 3 rings (SSSR count). The summed E-state index contributed by atoms with van der Waals surface area (Å²) in [6.45, 7) is 1.65. The molecule has 7 heteroatoms. The van der Waals surface area contributed by atoms with Crippen molar-refractivity contribution in [3.8, 4) is 5.75 Å². The predicted molar refractivity (Wildman–Crippen MR) is 94.1 cm³/mol. The summed E-state index contributed by atoms with van der Waals surface area (Å²) in [7, 11) is 0. The summed E-state index contributed by atoms with van der Waals surface area (Å²) < 4.78 is 5.30. The van der Waals surface area contributed by atoms with Crippen LogP contribution in [0.25, 0.3) is 5.57 Å². The van der Waals surface area contributed by atoms with E-state index in [1.807, 2.05) is 0 Å². The molecule has 25 heavy (non-hydrogen) atoms. The molecule has 0 amide bonds. The van der Waals surface area contributed by atoms with Gasteiger partial charge in [-0.15, -0.1) is 0 Å². The Morgan fingerprint density at radius 2 is 2.12 bits per heavy atom. The van der Waals surface area contributed by atoms with Crippen LogP contribution in [0.2, 0.25) is 10.0 Å². The number of benzene rings is 1. The number of ether oxygens (including phenoxy) is 1. The molecule has 1 aromatic carbocycles. The fourth-order valence-electron chi connectivity index (χ4n) is 3.82. The van der Waals surface area contributed by atoms with E-state index in [2.05, 4.69) is 6.92 Å². The van der Waals surface area contributed by atoms with Crippen molar-refractivity contribution in [3.05, 3.63) is 33.3 Å². The minimum Gasteiger partial charge on any atom is -1.00 e. The van der Waals surface area contributed by atoms with Gasteiger partial charge in [0.05, 0.1) is 5.02 Å². The number of allylic oxidation sites excluding steroid dienone is 2. The molecule has 0 saturated carbocycles. The Kier molecular flexibility index (Phi) is 7.60. The Labute approximate surface area is 200 Å². The van der Waals surface area contributed by atoms with Crippen molar-refractivity contribution in [2.45, 2.75) is 38.5 Å². The fourth-order valence-corrected chi connectivity index (χ4v) is 4.33. The molecule has 4 nitrogen and oxygen atoms in total. The van der Waals surface area contributed by atoms with Crippen LogP contribution < -0.4 is 56.1 Å². The van der Waals surface area contributed by atoms with Gasteiger partial charge in [0.25, 0.3) is 0 Å². The number of carboxylic acids is 1. The third-order valence-corrected chi connectivity index (χ3v) is 5.60. The second kappa shape index (κ2) is 8.87. The van der Waals surface area contributed by atoms with Crippen LogP contribution in [-0.2, 0) is 9.59 Å². The number of fused-ring (bicyclic) bond motifs is 3. The normalized spacial score (nSPS) is 21.1. The monoisotopic (exact) mass is 408 g/mol. The number of carbonyl (C=O) groups is 2. The van der Waals surface area contributed by atoms with E-state index in [9.17, 15) is 9.59 Å². The van der Waals surface area contributed by atoms with Gasteiger partial charge in [-0.25, -0.2) is 4.79 Å². The average molecular weight is 409 g/mol. The maximum absolute atomic E-state index is 11.9. The molecule has 0 aliphatic heterocycles. The van der Waals surface area contributed by atoms with Gasteiger partial charge in [0.15, 0.2) is 12.4 Å². The van der Waals surface area contributed by atoms with Crippen LogP contribution in [0.15, 0.2) is 12.1 Å². The average Bonchev–Trinajstić information content (AvgIpc) is 2.83. The van der Waals surface area contributed by atoms with Gasteiger partial charge in [0, 0.05) is 12.0 Å². The number of ketones is 1. The van der Waals surface area contributed by atoms with Crippen molar-refractivity contribution in [1.29, 1.82) is 0 Å². The number of hydrogen-bond acceptors (Lipinski definition) is 3. The zero-order valence-corrected chi connectivity index (χ0v) is 18.9. The second-order valence-electron chi connectivity index (χ2n) is 6.26. The number of rotatable bonds is 5. The number of aliphatic carboxylic acids is 1. The largest absolute Gasteiger partial charge is 1.00 e. The van der Waals surface area contributed by atoms with E-state index in [0.29, 0.717) is 11.4 Å². The molecule has 0 radical (unpaired) electrons. The van der Waals surface area contributed by atoms with Gasteiger partial charge >= 0.3 is 57.4 Å². The topological polar surface area (TPSA) is 63.6 Å². The minimum atomic E-state index is -1.07. The first-order valence-electron chi connectivity index (χ1n) is 8.05. The van der Waals surface area contributed by atoms with Crippen LogP contribution in [0.4, 0.5) is 0 Å². The summed E-state index contributed by atoms with van der Waals surface area (Å²) in [5, 5.41) is 9.36. The van der Waals surface area contributed by atoms with Gasteiger partial charge in [0.2, 0.25) is 0 Å². The summed E-state index contributed by atoms with van der Waals surface area (Å²) >= 11 is 12.8. The predicted octanol–water partition coefficient (Wildman–Crippen LogP) is 1.83. The Balaban J connectivity index is 0.00000169. The van der Waals surface area contributed by atoms with Crippen molar-refractivity contribution in [2.75, 3.05) is 6.61 Å². The van der Waals surface area contributed by atoms with Gasteiger partial charge in [-0.2, -0.15) is 0 Å². The van der Waals surface area contributed by atoms with Crippen molar-refractivity contribution in [2.24, 2.45) is 5.92 Å². The molecule has 2 atom stereocenters.